The number of hydrogen-bond donors (Lipinski definition) is 1. The Balaban J connectivity index is 3.47. The summed E-state index contributed by atoms with van der Waals surface area (Å²) in [5.74, 6) is 0. The number of unbranched alkanes of at least 4 members (excludes halogenated alkanes) is 1. The van der Waals surface area contributed by atoms with Crippen LogP contribution in [0.2, 0.25) is 0 Å². The SMILES string of the molecule is CCCCOP(=O)(O)OCC. The molecule has 0 saturated heterocycles. The molecule has 0 aromatic rings. The molecule has 0 spiro atoms. The summed E-state index contributed by atoms with van der Waals surface area (Å²) in [5.41, 5.74) is 0. The number of phosphoric acid groups is 1. The van der Waals surface area contributed by atoms with Gasteiger partial charge in [-0.25, -0.2) is 4.57 Å². The van der Waals surface area contributed by atoms with Crippen LogP contribution in [0.25, 0.3) is 0 Å². The fourth-order valence-corrected chi connectivity index (χ4v) is 1.29. The Kier molecular flexibility index (Phi) is 5.78. The van der Waals surface area contributed by atoms with Crippen LogP contribution >= 0.6 is 7.82 Å². The molecule has 0 saturated carbocycles. The van der Waals surface area contributed by atoms with Crippen molar-refractivity contribution in [2.45, 2.75) is 26.7 Å². The van der Waals surface area contributed by atoms with E-state index in [1.54, 1.807) is 6.92 Å². The molecule has 0 aromatic heterocycles. The fourth-order valence-electron chi connectivity index (χ4n) is 0.525. The fraction of sp³-hybridized carbons (Fsp3) is 1.00. The average molecular weight is 182 g/mol. The first-order chi connectivity index (χ1) is 5.12. The molecule has 0 radical (unpaired) electrons. The number of rotatable bonds is 6. The van der Waals surface area contributed by atoms with Crippen LogP contribution in [0.15, 0.2) is 0 Å². The molecule has 0 aliphatic carbocycles. The van der Waals surface area contributed by atoms with E-state index in [4.69, 9.17) is 4.89 Å². The topological polar surface area (TPSA) is 55.8 Å². The van der Waals surface area contributed by atoms with Gasteiger partial charge in [-0.15, -0.1) is 0 Å². The summed E-state index contributed by atoms with van der Waals surface area (Å²) in [6, 6.07) is 0. The summed E-state index contributed by atoms with van der Waals surface area (Å²) in [6.07, 6.45) is 1.71. The molecule has 0 fully saturated rings. The van der Waals surface area contributed by atoms with Gasteiger partial charge in [0, 0.05) is 0 Å². The molecule has 5 heteroatoms. The first-order valence-electron chi connectivity index (χ1n) is 3.74. The van der Waals surface area contributed by atoms with Gasteiger partial charge in [0.15, 0.2) is 0 Å². The molecule has 1 atom stereocenters. The molecule has 0 aromatic carbocycles. The monoisotopic (exact) mass is 182 g/mol. The molecule has 11 heavy (non-hydrogen) atoms. The van der Waals surface area contributed by atoms with Gasteiger partial charge in [-0.1, -0.05) is 13.3 Å². The molecule has 0 bridgehead atoms. The van der Waals surface area contributed by atoms with Crippen LogP contribution in [0.1, 0.15) is 26.7 Å². The van der Waals surface area contributed by atoms with E-state index in [1.165, 1.54) is 0 Å². The van der Waals surface area contributed by atoms with Crippen molar-refractivity contribution in [2.24, 2.45) is 0 Å². The van der Waals surface area contributed by atoms with Crippen molar-refractivity contribution in [1.82, 2.24) is 0 Å². The normalized spacial score (nSPS) is 16.3. The van der Waals surface area contributed by atoms with Crippen molar-refractivity contribution in [3.05, 3.63) is 0 Å². The first-order valence-corrected chi connectivity index (χ1v) is 5.23. The Morgan fingerprint density at radius 2 is 2.00 bits per heavy atom. The lowest BCUT2D eigenvalue weighted by Gasteiger charge is -2.09. The number of phosphoric ester groups is 1. The van der Waals surface area contributed by atoms with E-state index >= 15 is 0 Å². The van der Waals surface area contributed by atoms with E-state index in [9.17, 15) is 4.57 Å². The minimum Gasteiger partial charge on any atom is -0.302 e. The highest BCUT2D eigenvalue weighted by atomic mass is 31.2. The second-order valence-corrected chi connectivity index (χ2v) is 3.53. The van der Waals surface area contributed by atoms with Gasteiger partial charge in [-0.2, -0.15) is 0 Å². The summed E-state index contributed by atoms with van der Waals surface area (Å²) in [6.45, 7) is 4.10. The molecule has 1 N–H and O–H groups in total. The molecular formula is C6H15O4P. The summed E-state index contributed by atoms with van der Waals surface area (Å²) in [5, 5.41) is 0. The third-order valence-electron chi connectivity index (χ3n) is 1.04. The highest BCUT2D eigenvalue weighted by molar-refractivity contribution is 7.47. The van der Waals surface area contributed by atoms with Crippen LogP contribution in [-0.2, 0) is 13.6 Å². The van der Waals surface area contributed by atoms with Crippen molar-refractivity contribution in [2.75, 3.05) is 13.2 Å². The molecule has 0 aliphatic rings. The number of hydrogen-bond acceptors (Lipinski definition) is 3. The Labute approximate surface area is 67.1 Å². The van der Waals surface area contributed by atoms with Gasteiger partial charge in [0.1, 0.15) is 0 Å². The van der Waals surface area contributed by atoms with Crippen LogP contribution in [0.4, 0.5) is 0 Å². The maximum Gasteiger partial charge on any atom is 0.472 e. The largest absolute Gasteiger partial charge is 0.472 e. The van der Waals surface area contributed by atoms with Gasteiger partial charge in [-0.05, 0) is 13.3 Å². The van der Waals surface area contributed by atoms with E-state index in [2.05, 4.69) is 9.05 Å². The Hall–Kier alpha value is 0.110. The molecule has 0 aliphatic heterocycles. The van der Waals surface area contributed by atoms with Gasteiger partial charge in [0.2, 0.25) is 0 Å². The van der Waals surface area contributed by atoms with E-state index in [1.807, 2.05) is 6.92 Å². The lowest BCUT2D eigenvalue weighted by atomic mass is 10.4. The third-order valence-corrected chi connectivity index (χ3v) is 2.14. The van der Waals surface area contributed by atoms with Crippen LogP contribution in [0, 0.1) is 0 Å². The Morgan fingerprint density at radius 1 is 1.36 bits per heavy atom. The summed E-state index contributed by atoms with van der Waals surface area (Å²) in [4.78, 5) is 8.85. The van der Waals surface area contributed by atoms with Crippen molar-refractivity contribution in [3.8, 4) is 0 Å². The average Bonchev–Trinajstić information content (AvgIpc) is 1.87. The summed E-state index contributed by atoms with van der Waals surface area (Å²) >= 11 is 0. The maximum absolute atomic E-state index is 10.8. The molecule has 68 valence electrons. The molecule has 0 rings (SSSR count). The Morgan fingerprint density at radius 3 is 2.45 bits per heavy atom. The zero-order chi connectivity index (χ0) is 8.74. The van der Waals surface area contributed by atoms with Crippen LogP contribution in [0.5, 0.6) is 0 Å². The molecular weight excluding hydrogens is 167 g/mol. The predicted molar refractivity (Wildman–Crippen MR) is 42.3 cm³/mol. The van der Waals surface area contributed by atoms with Gasteiger partial charge >= 0.3 is 7.82 Å². The highest BCUT2D eigenvalue weighted by Crippen LogP contribution is 2.42. The van der Waals surface area contributed by atoms with Crippen LogP contribution in [-0.4, -0.2) is 18.1 Å². The summed E-state index contributed by atoms with van der Waals surface area (Å²) < 4.78 is 19.9. The summed E-state index contributed by atoms with van der Waals surface area (Å²) in [7, 11) is -3.72. The van der Waals surface area contributed by atoms with Gasteiger partial charge in [0.25, 0.3) is 0 Å². The highest BCUT2D eigenvalue weighted by Gasteiger charge is 2.18. The van der Waals surface area contributed by atoms with Gasteiger partial charge in [-0.3, -0.25) is 9.05 Å². The second-order valence-electron chi connectivity index (χ2n) is 2.07. The zero-order valence-electron chi connectivity index (χ0n) is 6.95. The van der Waals surface area contributed by atoms with Crippen molar-refractivity contribution in [1.29, 1.82) is 0 Å². The van der Waals surface area contributed by atoms with E-state index < -0.39 is 7.82 Å². The van der Waals surface area contributed by atoms with Crippen molar-refractivity contribution < 1.29 is 18.5 Å². The van der Waals surface area contributed by atoms with Crippen molar-refractivity contribution in [3.63, 3.8) is 0 Å². The first kappa shape index (κ1) is 11.1. The van der Waals surface area contributed by atoms with Crippen LogP contribution < -0.4 is 0 Å². The Bertz CT molecular complexity index is 137. The predicted octanol–water partition coefficient (Wildman–Crippen LogP) is 1.94. The smallest absolute Gasteiger partial charge is 0.302 e. The minimum atomic E-state index is -3.72. The quantitative estimate of drug-likeness (QED) is 0.503. The van der Waals surface area contributed by atoms with Crippen LogP contribution in [0.3, 0.4) is 0 Å². The van der Waals surface area contributed by atoms with E-state index in [0.717, 1.165) is 12.8 Å². The van der Waals surface area contributed by atoms with E-state index in [-0.39, 0.29) is 13.2 Å². The maximum atomic E-state index is 10.8. The third kappa shape index (κ3) is 6.51. The molecule has 4 nitrogen and oxygen atoms in total. The lowest BCUT2D eigenvalue weighted by Crippen LogP contribution is -1.96. The van der Waals surface area contributed by atoms with E-state index in [0.29, 0.717) is 0 Å². The minimum absolute atomic E-state index is 0.194. The molecule has 0 heterocycles. The van der Waals surface area contributed by atoms with Gasteiger partial charge in [0.05, 0.1) is 13.2 Å². The zero-order valence-corrected chi connectivity index (χ0v) is 7.84. The second kappa shape index (κ2) is 5.72. The standard InChI is InChI=1S/C6H15O4P/c1-3-5-6-10-11(7,8)9-4-2/h3-6H2,1-2H3,(H,7,8). The van der Waals surface area contributed by atoms with Crippen molar-refractivity contribution >= 4 is 7.82 Å². The van der Waals surface area contributed by atoms with Gasteiger partial charge < -0.3 is 4.89 Å². The molecule has 0 amide bonds. The lowest BCUT2D eigenvalue weighted by molar-refractivity contribution is 0.153. The molecule has 1 unspecified atom stereocenters.